The Hall–Kier alpha value is -1.32. The average molecular weight is 291 g/mol. The van der Waals surface area contributed by atoms with Crippen molar-refractivity contribution in [2.75, 3.05) is 5.43 Å². The summed E-state index contributed by atoms with van der Waals surface area (Å²) in [7, 11) is 0. The van der Waals surface area contributed by atoms with Gasteiger partial charge in [0, 0.05) is 16.7 Å². The highest BCUT2D eigenvalue weighted by Gasteiger charge is 1.98. The van der Waals surface area contributed by atoms with Gasteiger partial charge in [0.15, 0.2) is 0 Å². The molecule has 0 saturated carbocycles. The van der Waals surface area contributed by atoms with Crippen LogP contribution in [0.4, 0.5) is 5.69 Å². The summed E-state index contributed by atoms with van der Waals surface area (Å²) in [5.41, 5.74) is 10.0. The minimum Gasteiger partial charge on any atom is -0.321 e. The van der Waals surface area contributed by atoms with Gasteiger partial charge in [0.2, 0.25) is 0 Å². The summed E-state index contributed by atoms with van der Waals surface area (Å²) in [6, 6.07) is 16.4. The van der Waals surface area contributed by atoms with E-state index in [9.17, 15) is 0 Å². The van der Waals surface area contributed by atoms with E-state index in [4.69, 9.17) is 0 Å². The second kappa shape index (κ2) is 5.84. The zero-order chi connectivity index (χ0) is 12.1. The lowest BCUT2D eigenvalue weighted by Gasteiger charge is -2.10. The summed E-state index contributed by atoms with van der Waals surface area (Å²) >= 11 is 3.47. The molecule has 0 aliphatic rings. The van der Waals surface area contributed by atoms with Crippen LogP contribution in [0.25, 0.3) is 0 Å². The molecule has 0 aliphatic carbocycles. The van der Waals surface area contributed by atoms with E-state index < -0.39 is 0 Å². The van der Waals surface area contributed by atoms with Crippen LogP contribution >= 0.6 is 15.9 Å². The molecule has 0 aromatic heterocycles. The number of nitrogens with one attached hydrogen (secondary N) is 2. The molecule has 0 saturated heterocycles. The SMILES string of the molecule is Cc1cc(Br)ccc1CNNc1ccccc1. The molecule has 3 heteroatoms. The molecule has 0 amide bonds. The minimum absolute atomic E-state index is 0.800. The Bertz CT molecular complexity index is 483. The van der Waals surface area contributed by atoms with Gasteiger partial charge in [-0.2, -0.15) is 0 Å². The summed E-state index contributed by atoms with van der Waals surface area (Å²) < 4.78 is 1.12. The monoisotopic (exact) mass is 290 g/mol. The molecule has 0 atom stereocenters. The summed E-state index contributed by atoms with van der Waals surface area (Å²) in [5.74, 6) is 0. The summed E-state index contributed by atoms with van der Waals surface area (Å²) in [5, 5.41) is 0. The molecule has 0 heterocycles. The van der Waals surface area contributed by atoms with E-state index in [1.165, 1.54) is 11.1 Å². The Labute approximate surface area is 110 Å². The van der Waals surface area contributed by atoms with Gasteiger partial charge >= 0.3 is 0 Å². The molecule has 0 radical (unpaired) electrons. The molecule has 0 fully saturated rings. The largest absolute Gasteiger partial charge is 0.321 e. The van der Waals surface area contributed by atoms with Crippen LogP contribution in [0.3, 0.4) is 0 Å². The first-order chi connectivity index (χ1) is 8.25. The molecule has 0 unspecified atom stereocenters. The standard InChI is InChI=1S/C14H15BrN2/c1-11-9-13(15)8-7-12(11)10-16-17-14-5-3-2-4-6-14/h2-9,16-17H,10H2,1H3. The first-order valence-corrected chi connectivity index (χ1v) is 6.34. The van der Waals surface area contributed by atoms with Crippen LogP contribution in [0.1, 0.15) is 11.1 Å². The number of hydrazine groups is 1. The molecular weight excluding hydrogens is 276 g/mol. The first kappa shape index (κ1) is 12.1. The number of rotatable bonds is 4. The molecule has 88 valence electrons. The number of hydrogen-bond donors (Lipinski definition) is 2. The van der Waals surface area contributed by atoms with E-state index in [-0.39, 0.29) is 0 Å². The number of aryl methyl sites for hydroxylation is 1. The van der Waals surface area contributed by atoms with Gasteiger partial charge in [0.05, 0.1) is 0 Å². The highest BCUT2D eigenvalue weighted by molar-refractivity contribution is 9.10. The van der Waals surface area contributed by atoms with Crippen LogP contribution < -0.4 is 10.9 Å². The van der Waals surface area contributed by atoms with Crippen molar-refractivity contribution in [2.24, 2.45) is 0 Å². The first-order valence-electron chi connectivity index (χ1n) is 5.54. The van der Waals surface area contributed by atoms with Crippen molar-refractivity contribution >= 4 is 21.6 Å². The Morgan fingerprint density at radius 1 is 1.06 bits per heavy atom. The fourth-order valence-electron chi connectivity index (χ4n) is 1.62. The van der Waals surface area contributed by atoms with Crippen molar-refractivity contribution in [1.82, 2.24) is 5.43 Å². The Morgan fingerprint density at radius 3 is 2.53 bits per heavy atom. The van der Waals surface area contributed by atoms with Gasteiger partial charge in [-0.15, -0.1) is 0 Å². The second-order valence-electron chi connectivity index (χ2n) is 3.92. The highest BCUT2D eigenvalue weighted by Crippen LogP contribution is 2.15. The lowest BCUT2D eigenvalue weighted by molar-refractivity contribution is 0.796. The predicted molar refractivity (Wildman–Crippen MR) is 75.8 cm³/mol. The normalized spacial score (nSPS) is 10.2. The fraction of sp³-hybridized carbons (Fsp3) is 0.143. The van der Waals surface area contributed by atoms with Crippen molar-refractivity contribution in [3.05, 3.63) is 64.1 Å². The second-order valence-corrected chi connectivity index (χ2v) is 4.83. The lowest BCUT2D eigenvalue weighted by Crippen LogP contribution is -2.21. The van der Waals surface area contributed by atoms with Gasteiger partial charge in [-0.25, -0.2) is 5.43 Å². The van der Waals surface area contributed by atoms with Gasteiger partial charge in [-0.05, 0) is 42.3 Å². The van der Waals surface area contributed by atoms with Crippen molar-refractivity contribution < 1.29 is 0 Å². The van der Waals surface area contributed by atoms with Crippen molar-refractivity contribution in [2.45, 2.75) is 13.5 Å². The van der Waals surface area contributed by atoms with Crippen LogP contribution in [-0.2, 0) is 6.54 Å². The van der Waals surface area contributed by atoms with Crippen LogP contribution in [0, 0.1) is 6.92 Å². The molecule has 2 rings (SSSR count). The maximum atomic E-state index is 3.47. The maximum Gasteiger partial charge on any atom is 0.0487 e. The van der Waals surface area contributed by atoms with E-state index >= 15 is 0 Å². The van der Waals surface area contributed by atoms with E-state index in [1.807, 2.05) is 30.3 Å². The van der Waals surface area contributed by atoms with Crippen LogP contribution in [0.2, 0.25) is 0 Å². The third kappa shape index (κ3) is 3.58. The van der Waals surface area contributed by atoms with Crippen LogP contribution in [-0.4, -0.2) is 0 Å². The molecule has 0 aliphatic heterocycles. The van der Waals surface area contributed by atoms with Crippen LogP contribution in [0.5, 0.6) is 0 Å². The Morgan fingerprint density at radius 2 is 1.82 bits per heavy atom. The van der Waals surface area contributed by atoms with Gasteiger partial charge in [-0.3, -0.25) is 0 Å². The van der Waals surface area contributed by atoms with Crippen LogP contribution in [0.15, 0.2) is 53.0 Å². The molecule has 17 heavy (non-hydrogen) atoms. The molecular formula is C14H15BrN2. The summed E-state index contributed by atoms with van der Waals surface area (Å²) in [4.78, 5) is 0. The number of halogens is 1. The fourth-order valence-corrected chi connectivity index (χ4v) is 2.10. The molecule has 2 N–H and O–H groups in total. The number of anilines is 1. The van der Waals surface area contributed by atoms with Gasteiger partial charge in [0.25, 0.3) is 0 Å². The minimum atomic E-state index is 0.800. The topological polar surface area (TPSA) is 24.1 Å². The smallest absolute Gasteiger partial charge is 0.0487 e. The highest BCUT2D eigenvalue weighted by atomic mass is 79.9. The van der Waals surface area contributed by atoms with E-state index in [0.29, 0.717) is 0 Å². The van der Waals surface area contributed by atoms with Crippen molar-refractivity contribution in [3.8, 4) is 0 Å². The predicted octanol–water partition coefficient (Wildman–Crippen LogP) is 3.87. The third-order valence-electron chi connectivity index (χ3n) is 2.59. The lowest BCUT2D eigenvalue weighted by atomic mass is 10.1. The molecule has 0 spiro atoms. The number of hydrogen-bond acceptors (Lipinski definition) is 2. The number of benzene rings is 2. The molecule has 2 aromatic carbocycles. The summed E-state index contributed by atoms with van der Waals surface area (Å²) in [6.45, 7) is 2.91. The molecule has 2 aromatic rings. The number of para-hydroxylation sites is 1. The van der Waals surface area contributed by atoms with E-state index in [2.05, 4.69) is 51.9 Å². The van der Waals surface area contributed by atoms with Gasteiger partial charge in [0.1, 0.15) is 0 Å². The quantitative estimate of drug-likeness (QED) is 0.835. The molecule has 2 nitrogen and oxygen atoms in total. The Balaban J connectivity index is 1.90. The zero-order valence-corrected chi connectivity index (χ0v) is 11.3. The van der Waals surface area contributed by atoms with Gasteiger partial charge in [-0.1, -0.05) is 40.2 Å². The van der Waals surface area contributed by atoms with Crippen molar-refractivity contribution in [3.63, 3.8) is 0 Å². The Kier molecular flexibility index (Phi) is 4.18. The summed E-state index contributed by atoms with van der Waals surface area (Å²) in [6.07, 6.45) is 0. The van der Waals surface area contributed by atoms with E-state index in [1.54, 1.807) is 0 Å². The zero-order valence-electron chi connectivity index (χ0n) is 9.70. The van der Waals surface area contributed by atoms with Crippen molar-refractivity contribution in [1.29, 1.82) is 0 Å². The van der Waals surface area contributed by atoms with E-state index in [0.717, 1.165) is 16.7 Å². The van der Waals surface area contributed by atoms with Gasteiger partial charge < -0.3 is 5.43 Å². The maximum absolute atomic E-state index is 3.47. The molecule has 0 bridgehead atoms. The third-order valence-corrected chi connectivity index (χ3v) is 3.08. The average Bonchev–Trinajstić information content (AvgIpc) is 2.33.